The van der Waals surface area contributed by atoms with Crippen molar-refractivity contribution < 1.29 is 4.12 Å². The average molecular weight is 282 g/mol. The quantitative estimate of drug-likeness (QED) is 0.615. The minimum Gasteiger partial charge on any atom is -0.454 e. The van der Waals surface area contributed by atoms with E-state index in [-0.39, 0.29) is 0 Å². The fourth-order valence-corrected chi connectivity index (χ4v) is 11.0. The summed E-state index contributed by atoms with van der Waals surface area (Å²) >= 11 is 0. The molecule has 0 unspecified atom stereocenters. The second-order valence-electron chi connectivity index (χ2n) is 4.88. The highest BCUT2D eigenvalue weighted by Crippen LogP contribution is 2.21. The van der Waals surface area contributed by atoms with Crippen LogP contribution in [0.3, 0.4) is 0 Å². The lowest BCUT2D eigenvalue weighted by Gasteiger charge is -2.34. The first kappa shape index (κ1) is 15.5. The lowest BCUT2D eigenvalue weighted by atomic mass is 10.3. The van der Waals surface area contributed by atoms with Gasteiger partial charge in [-0.1, -0.05) is 39.8 Å². The van der Waals surface area contributed by atoms with Crippen molar-refractivity contribution in [2.45, 2.75) is 51.9 Å². The summed E-state index contributed by atoms with van der Waals surface area (Å²) in [6, 6.07) is 13.1. The molecule has 0 aliphatic carbocycles. The Morgan fingerprint density at radius 2 is 1.72 bits per heavy atom. The molecular formula is C14H27NOSi2. The van der Waals surface area contributed by atoms with Gasteiger partial charge in [0.05, 0.1) is 0 Å². The first-order valence-electron chi connectivity index (χ1n) is 7.15. The predicted molar refractivity (Wildman–Crippen MR) is 86.4 cm³/mol. The predicted octanol–water partition coefficient (Wildman–Crippen LogP) is 3.24. The Labute approximate surface area is 114 Å². The van der Waals surface area contributed by atoms with E-state index in [9.17, 15) is 0 Å². The van der Waals surface area contributed by atoms with Gasteiger partial charge in [0.15, 0.2) is 9.04 Å². The van der Waals surface area contributed by atoms with Gasteiger partial charge in [-0.05, 0) is 41.5 Å². The van der Waals surface area contributed by atoms with E-state index in [1.54, 1.807) is 0 Å². The van der Waals surface area contributed by atoms with Crippen LogP contribution >= 0.6 is 0 Å². The van der Waals surface area contributed by atoms with E-state index in [2.05, 4.69) is 45.9 Å². The summed E-state index contributed by atoms with van der Waals surface area (Å²) in [7, 11) is -2.79. The molecule has 0 heterocycles. The molecule has 18 heavy (non-hydrogen) atoms. The molecule has 102 valence electrons. The molecule has 0 atom stereocenters. The maximum atomic E-state index is 6.70. The Morgan fingerprint density at radius 3 is 2.17 bits per heavy atom. The van der Waals surface area contributed by atoms with Gasteiger partial charge in [0.2, 0.25) is 8.32 Å². The van der Waals surface area contributed by atoms with E-state index >= 15 is 0 Å². The zero-order valence-corrected chi connectivity index (χ0v) is 14.4. The third-order valence-corrected chi connectivity index (χ3v) is 12.5. The average Bonchev–Trinajstić information content (AvgIpc) is 2.41. The van der Waals surface area contributed by atoms with Gasteiger partial charge in [-0.15, -0.1) is 0 Å². The van der Waals surface area contributed by atoms with Gasteiger partial charge in [-0.25, -0.2) is 0 Å². The second kappa shape index (κ2) is 7.11. The maximum absolute atomic E-state index is 6.70. The Hall–Kier alpha value is -0.586. The Kier molecular flexibility index (Phi) is 6.11. The summed E-state index contributed by atoms with van der Waals surface area (Å²) in [5.74, 6) is 0. The Balaban J connectivity index is 3.06. The minimum atomic E-state index is -1.77. The summed E-state index contributed by atoms with van der Waals surface area (Å²) in [4.78, 5) is 0. The van der Waals surface area contributed by atoms with Gasteiger partial charge in [-0.3, -0.25) is 0 Å². The molecule has 0 radical (unpaired) electrons. The number of benzene rings is 1. The molecule has 0 aromatic heterocycles. The largest absolute Gasteiger partial charge is 0.454 e. The molecule has 1 aromatic carbocycles. The minimum absolute atomic E-state index is 0.862. The third-order valence-electron chi connectivity index (χ3n) is 3.86. The number of hydrogen-bond donors (Lipinski definition) is 1. The van der Waals surface area contributed by atoms with Crippen molar-refractivity contribution in [1.29, 1.82) is 0 Å². The molecule has 2 N–H and O–H groups in total. The van der Waals surface area contributed by atoms with Gasteiger partial charge in [-0.2, -0.15) is 0 Å². The fraction of sp³-hybridized carbons (Fsp3) is 0.571. The highest BCUT2D eigenvalue weighted by molar-refractivity contribution is 6.90. The molecule has 1 rings (SSSR count). The molecule has 1 aromatic rings. The number of nitrogen functional groups attached to an aromatic ring is 1. The lowest BCUT2D eigenvalue weighted by molar-refractivity contribution is 0.558. The summed E-state index contributed by atoms with van der Waals surface area (Å²) in [5, 5.41) is 1.38. The number of nitrogens with two attached hydrogens (primary N) is 1. The van der Waals surface area contributed by atoms with Gasteiger partial charge < -0.3 is 9.85 Å². The van der Waals surface area contributed by atoms with Gasteiger partial charge >= 0.3 is 0 Å². The molecule has 0 aliphatic heterocycles. The first-order valence-corrected chi connectivity index (χ1v) is 11.6. The molecule has 0 saturated carbocycles. The summed E-state index contributed by atoms with van der Waals surface area (Å²) in [6.45, 7) is 9.08. The van der Waals surface area contributed by atoms with Crippen molar-refractivity contribution >= 4 is 28.2 Å². The second-order valence-corrected chi connectivity index (χ2v) is 12.7. The van der Waals surface area contributed by atoms with Crippen LogP contribution in [0.15, 0.2) is 24.3 Å². The van der Waals surface area contributed by atoms with Crippen LogP contribution in [0.25, 0.3) is 0 Å². The number of rotatable bonds is 7. The van der Waals surface area contributed by atoms with Crippen molar-refractivity contribution in [3.05, 3.63) is 24.3 Å². The third kappa shape index (κ3) is 3.46. The van der Waals surface area contributed by atoms with E-state index in [0.717, 1.165) is 17.8 Å². The highest BCUT2D eigenvalue weighted by atomic mass is 28.4. The van der Waals surface area contributed by atoms with Crippen molar-refractivity contribution in [3.63, 3.8) is 0 Å². The molecule has 0 amide bonds. The number of hydrogen-bond acceptors (Lipinski definition) is 2. The summed E-state index contributed by atoms with van der Waals surface area (Å²) in [5.41, 5.74) is 6.80. The lowest BCUT2D eigenvalue weighted by Crippen LogP contribution is -2.52. The maximum Gasteiger partial charge on any atom is 0.211 e. The van der Waals surface area contributed by atoms with Crippen LogP contribution in [-0.4, -0.2) is 17.4 Å². The standard InChI is InChI=1S/C14H27NOSi2/c1-5-17(6-2)16-18(7-3,8-4)14-11-9-10-13(15)12-14/h9-12,17H,5-8,15H2,1-4H3. The molecule has 0 spiro atoms. The molecule has 0 saturated heterocycles. The zero-order valence-electron chi connectivity index (χ0n) is 12.2. The zero-order chi connectivity index (χ0) is 13.6. The summed E-state index contributed by atoms with van der Waals surface area (Å²) in [6.07, 6.45) is 0. The van der Waals surface area contributed by atoms with Crippen LogP contribution in [0.2, 0.25) is 24.2 Å². The Bertz CT molecular complexity index is 363. The molecule has 4 heteroatoms. The molecule has 0 fully saturated rings. The van der Waals surface area contributed by atoms with Crippen LogP contribution in [0, 0.1) is 0 Å². The normalized spacial score (nSPS) is 12.1. The van der Waals surface area contributed by atoms with Crippen molar-refractivity contribution in [1.82, 2.24) is 0 Å². The van der Waals surface area contributed by atoms with E-state index in [1.807, 2.05) is 6.07 Å². The van der Waals surface area contributed by atoms with Crippen molar-refractivity contribution in [2.75, 3.05) is 5.73 Å². The van der Waals surface area contributed by atoms with Crippen molar-refractivity contribution in [3.8, 4) is 0 Å². The van der Waals surface area contributed by atoms with E-state index in [0.29, 0.717) is 0 Å². The van der Waals surface area contributed by atoms with E-state index in [1.165, 1.54) is 17.3 Å². The molecular weight excluding hydrogens is 254 g/mol. The summed E-state index contributed by atoms with van der Waals surface area (Å²) < 4.78 is 6.70. The van der Waals surface area contributed by atoms with Gasteiger partial charge in [0, 0.05) is 5.69 Å². The molecule has 2 nitrogen and oxygen atoms in total. The van der Waals surface area contributed by atoms with Crippen LogP contribution in [0.1, 0.15) is 27.7 Å². The van der Waals surface area contributed by atoms with Crippen molar-refractivity contribution in [2.24, 2.45) is 0 Å². The fourth-order valence-electron chi connectivity index (χ4n) is 2.49. The topological polar surface area (TPSA) is 35.2 Å². The van der Waals surface area contributed by atoms with E-state index < -0.39 is 17.4 Å². The van der Waals surface area contributed by atoms with Crippen LogP contribution in [0.4, 0.5) is 5.69 Å². The van der Waals surface area contributed by atoms with Crippen LogP contribution in [0.5, 0.6) is 0 Å². The SMILES string of the molecule is CC[SiH](CC)O[Si](CC)(CC)c1cccc(N)c1. The first-order chi connectivity index (χ1) is 8.61. The molecule has 0 aliphatic rings. The number of anilines is 1. The Morgan fingerprint density at radius 1 is 1.11 bits per heavy atom. The van der Waals surface area contributed by atoms with E-state index in [4.69, 9.17) is 9.85 Å². The highest BCUT2D eigenvalue weighted by Gasteiger charge is 2.35. The monoisotopic (exact) mass is 281 g/mol. The van der Waals surface area contributed by atoms with Gasteiger partial charge in [0.25, 0.3) is 0 Å². The molecule has 0 bridgehead atoms. The van der Waals surface area contributed by atoms with Crippen LogP contribution in [-0.2, 0) is 4.12 Å². The van der Waals surface area contributed by atoms with Crippen LogP contribution < -0.4 is 10.9 Å². The van der Waals surface area contributed by atoms with Gasteiger partial charge in [0.1, 0.15) is 0 Å². The smallest absolute Gasteiger partial charge is 0.211 e.